The number of carbonyl (C=O) groups excluding carboxylic acids is 1. The number of nitrogens with zero attached hydrogens (tertiary/aromatic N) is 1. The lowest BCUT2D eigenvalue weighted by atomic mass is 10.0. The molecule has 0 radical (unpaired) electrons. The van der Waals surface area contributed by atoms with E-state index in [4.69, 9.17) is 11.6 Å². The maximum absolute atomic E-state index is 13.4. The van der Waals surface area contributed by atoms with Crippen molar-refractivity contribution in [1.82, 2.24) is 5.32 Å². The number of aryl methyl sites for hydroxylation is 2. The van der Waals surface area contributed by atoms with Gasteiger partial charge >= 0.3 is 0 Å². The molecule has 1 aliphatic rings. The summed E-state index contributed by atoms with van der Waals surface area (Å²) < 4.78 is 28.0. The Balaban J connectivity index is 1.65. The highest BCUT2D eigenvalue weighted by Gasteiger charge is 2.27. The van der Waals surface area contributed by atoms with Gasteiger partial charge in [-0.15, -0.1) is 0 Å². The largest absolute Gasteiger partial charge is 0.354 e. The molecule has 2 aromatic carbocycles. The molecule has 0 aliphatic heterocycles. The van der Waals surface area contributed by atoms with Crippen LogP contribution in [0.25, 0.3) is 0 Å². The fraction of sp³-hybridized carbons (Fsp3) is 0.480. The first kappa shape index (κ1) is 25.9. The Kier molecular flexibility index (Phi) is 9.53. The van der Waals surface area contributed by atoms with Gasteiger partial charge in [-0.1, -0.05) is 54.6 Å². The van der Waals surface area contributed by atoms with Crippen LogP contribution in [0.15, 0.2) is 47.4 Å². The lowest BCUT2D eigenvalue weighted by Crippen LogP contribution is -2.41. The molecule has 1 saturated carbocycles. The average Bonchev–Trinajstić information content (AvgIpc) is 2.80. The molecule has 1 fully saturated rings. The van der Waals surface area contributed by atoms with E-state index in [1.807, 2.05) is 25.6 Å². The first-order valence-electron chi connectivity index (χ1n) is 11.5. The number of carbonyl (C=O) groups is 1. The van der Waals surface area contributed by atoms with E-state index in [1.165, 1.54) is 32.1 Å². The summed E-state index contributed by atoms with van der Waals surface area (Å²) in [6.07, 6.45) is 7.45. The Labute approximate surface area is 207 Å². The molecule has 0 aromatic heterocycles. The Morgan fingerprint density at radius 3 is 2.45 bits per heavy atom. The molecular formula is C25H33ClN2O3S2. The van der Waals surface area contributed by atoms with E-state index in [1.54, 1.807) is 42.5 Å². The summed E-state index contributed by atoms with van der Waals surface area (Å²) in [5.41, 5.74) is 2.17. The predicted molar refractivity (Wildman–Crippen MR) is 139 cm³/mol. The molecule has 8 heteroatoms. The molecule has 3 rings (SSSR count). The number of thioether (sulfide) groups is 1. The molecule has 0 bridgehead atoms. The van der Waals surface area contributed by atoms with Crippen LogP contribution < -0.4 is 9.62 Å². The average molecular weight is 509 g/mol. The maximum atomic E-state index is 13.4. The van der Waals surface area contributed by atoms with Gasteiger partial charge in [-0.3, -0.25) is 9.10 Å². The highest BCUT2D eigenvalue weighted by molar-refractivity contribution is 7.99. The Morgan fingerprint density at radius 1 is 1.09 bits per heavy atom. The first-order chi connectivity index (χ1) is 15.8. The number of anilines is 1. The van der Waals surface area contributed by atoms with Crippen LogP contribution in [-0.2, 0) is 14.8 Å². The zero-order valence-electron chi connectivity index (χ0n) is 19.3. The second kappa shape index (κ2) is 12.1. The summed E-state index contributed by atoms with van der Waals surface area (Å²) in [6, 6.07) is 11.7. The van der Waals surface area contributed by atoms with Gasteiger partial charge in [0.2, 0.25) is 5.91 Å². The van der Waals surface area contributed by atoms with E-state index in [0.717, 1.165) is 32.9 Å². The van der Waals surface area contributed by atoms with Crippen molar-refractivity contribution in [3.05, 3.63) is 58.6 Å². The van der Waals surface area contributed by atoms with E-state index < -0.39 is 10.0 Å². The smallest absolute Gasteiger partial charge is 0.264 e. The van der Waals surface area contributed by atoms with Gasteiger partial charge in [-0.05, 0) is 68.7 Å². The molecular weight excluding hydrogens is 476 g/mol. The summed E-state index contributed by atoms with van der Waals surface area (Å²) in [5.74, 6) is 0.675. The van der Waals surface area contributed by atoms with Crippen LogP contribution in [-0.4, -0.2) is 38.4 Å². The normalized spacial score (nSPS) is 14.8. The molecule has 0 atom stereocenters. The van der Waals surface area contributed by atoms with Crippen molar-refractivity contribution in [2.24, 2.45) is 0 Å². The number of hydrogen-bond donors (Lipinski definition) is 1. The third-order valence-electron chi connectivity index (χ3n) is 5.89. The molecule has 1 amide bonds. The number of halogens is 1. The monoisotopic (exact) mass is 508 g/mol. The van der Waals surface area contributed by atoms with Gasteiger partial charge in [-0.2, -0.15) is 11.8 Å². The van der Waals surface area contributed by atoms with Crippen molar-refractivity contribution in [2.75, 3.05) is 23.1 Å². The number of sulfonamides is 1. The number of nitrogens with one attached hydrogen (secondary N) is 1. The Hall–Kier alpha value is -1.70. The standard InChI is InChI=1S/C25H33ClN2O3S2/c1-19-9-13-23(14-10-19)33(30,31)28(21-12-11-20(2)24(26)17-21)18-25(29)27-15-6-16-32-22-7-4-3-5-8-22/h9-14,17,22H,3-8,15-16,18H2,1-2H3,(H,27,29). The number of rotatable bonds is 10. The predicted octanol–water partition coefficient (Wildman–Crippen LogP) is 5.72. The summed E-state index contributed by atoms with van der Waals surface area (Å²) in [4.78, 5) is 12.9. The minimum atomic E-state index is -3.94. The SMILES string of the molecule is Cc1ccc(S(=O)(=O)N(CC(=O)NCCCSC2CCCCC2)c2ccc(C)c(Cl)c2)cc1. The third-order valence-corrected chi connectivity index (χ3v) is 9.55. The minimum Gasteiger partial charge on any atom is -0.354 e. The number of benzene rings is 2. The van der Waals surface area contributed by atoms with Crippen LogP contribution in [0.3, 0.4) is 0 Å². The molecule has 2 aromatic rings. The van der Waals surface area contributed by atoms with Gasteiger partial charge in [0.15, 0.2) is 0 Å². The zero-order chi connectivity index (χ0) is 23.8. The van der Waals surface area contributed by atoms with Gasteiger partial charge in [0.25, 0.3) is 10.0 Å². The minimum absolute atomic E-state index is 0.140. The van der Waals surface area contributed by atoms with E-state index in [-0.39, 0.29) is 17.3 Å². The summed E-state index contributed by atoms with van der Waals surface area (Å²) >= 11 is 8.26. The second-order valence-electron chi connectivity index (χ2n) is 8.59. The van der Waals surface area contributed by atoms with Crippen LogP contribution in [0.2, 0.25) is 5.02 Å². The van der Waals surface area contributed by atoms with Crippen LogP contribution in [0.4, 0.5) is 5.69 Å². The van der Waals surface area contributed by atoms with Crippen molar-refractivity contribution in [3.8, 4) is 0 Å². The molecule has 1 N–H and O–H groups in total. The van der Waals surface area contributed by atoms with Crippen molar-refractivity contribution in [1.29, 1.82) is 0 Å². The Morgan fingerprint density at radius 2 is 1.79 bits per heavy atom. The van der Waals surface area contributed by atoms with Gasteiger partial charge < -0.3 is 5.32 Å². The van der Waals surface area contributed by atoms with Crippen molar-refractivity contribution >= 4 is 45.0 Å². The molecule has 0 saturated heterocycles. The molecule has 0 heterocycles. The topological polar surface area (TPSA) is 66.5 Å². The van der Waals surface area contributed by atoms with E-state index in [0.29, 0.717) is 17.3 Å². The van der Waals surface area contributed by atoms with E-state index >= 15 is 0 Å². The molecule has 1 aliphatic carbocycles. The quantitative estimate of drug-likeness (QED) is 0.416. The lowest BCUT2D eigenvalue weighted by Gasteiger charge is -2.25. The van der Waals surface area contributed by atoms with Gasteiger partial charge in [0.1, 0.15) is 6.54 Å². The highest BCUT2D eigenvalue weighted by atomic mass is 35.5. The van der Waals surface area contributed by atoms with Crippen molar-refractivity contribution < 1.29 is 13.2 Å². The fourth-order valence-corrected chi connectivity index (χ4v) is 6.76. The molecule has 180 valence electrons. The van der Waals surface area contributed by atoms with Gasteiger partial charge in [0.05, 0.1) is 10.6 Å². The van der Waals surface area contributed by atoms with Crippen molar-refractivity contribution in [2.45, 2.75) is 62.5 Å². The van der Waals surface area contributed by atoms with Crippen molar-refractivity contribution in [3.63, 3.8) is 0 Å². The number of amides is 1. The van der Waals surface area contributed by atoms with Gasteiger partial charge in [-0.25, -0.2) is 8.42 Å². The summed E-state index contributed by atoms with van der Waals surface area (Å²) in [5, 5.41) is 4.09. The molecule has 5 nitrogen and oxygen atoms in total. The lowest BCUT2D eigenvalue weighted by molar-refractivity contribution is -0.119. The third kappa shape index (κ3) is 7.39. The molecule has 0 spiro atoms. The second-order valence-corrected chi connectivity index (χ2v) is 12.3. The maximum Gasteiger partial charge on any atom is 0.264 e. The summed E-state index contributed by atoms with van der Waals surface area (Å²) in [7, 11) is -3.94. The molecule has 0 unspecified atom stereocenters. The highest BCUT2D eigenvalue weighted by Crippen LogP contribution is 2.29. The van der Waals surface area contributed by atoms with Crippen LogP contribution in [0, 0.1) is 13.8 Å². The fourth-order valence-electron chi connectivity index (χ4n) is 3.86. The Bertz CT molecular complexity index is 1040. The summed E-state index contributed by atoms with van der Waals surface area (Å²) in [6.45, 7) is 3.98. The van der Waals surface area contributed by atoms with Crippen LogP contribution >= 0.6 is 23.4 Å². The van der Waals surface area contributed by atoms with Crippen LogP contribution in [0.1, 0.15) is 49.7 Å². The first-order valence-corrected chi connectivity index (χ1v) is 14.4. The van der Waals surface area contributed by atoms with Crippen LogP contribution in [0.5, 0.6) is 0 Å². The zero-order valence-corrected chi connectivity index (χ0v) is 21.7. The van der Waals surface area contributed by atoms with E-state index in [9.17, 15) is 13.2 Å². The number of hydrogen-bond acceptors (Lipinski definition) is 4. The molecule has 33 heavy (non-hydrogen) atoms. The van der Waals surface area contributed by atoms with E-state index in [2.05, 4.69) is 5.32 Å². The van der Waals surface area contributed by atoms with Gasteiger partial charge in [0, 0.05) is 16.8 Å².